The average molecular weight is 301 g/mol. The number of hydrogen-bond donors (Lipinski definition) is 2. The summed E-state index contributed by atoms with van der Waals surface area (Å²) in [4.78, 5) is 22.7. The lowest BCUT2D eigenvalue weighted by atomic mass is 10.2. The fourth-order valence-electron chi connectivity index (χ4n) is 1.46. The topological polar surface area (TPSA) is 90.7 Å². The number of ether oxygens (including phenoxy) is 2. The Bertz CT molecular complexity index is 479. The molecule has 0 spiro atoms. The number of halogens is 1. The summed E-state index contributed by atoms with van der Waals surface area (Å²) in [7, 11) is 1.59. The molecule has 0 heterocycles. The molecular formula is C13H17ClN2O4. The quantitative estimate of drug-likeness (QED) is 0.700. The first-order valence-electron chi connectivity index (χ1n) is 6.02. The van der Waals surface area contributed by atoms with Crippen molar-refractivity contribution in [2.24, 2.45) is 5.73 Å². The normalized spacial score (nSPS) is 10.1. The summed E-state index contributed by atoms with van der Waals surface area (Å²) in [5, 5.41) is 3.05. The van der Waals surface area contributed by atoms with Crippen molar-refractivity contribution in [1.29, 1.82) is 0 Å². The van der Waals surface area contributed by atoms with Crippen molar-refractivity contribution in [3.05, 3.63) is 28.8 Å². The monoisotopic (exact) mass is 300 g/mol. The zero-order valence-corrected chi connectivity index (χ0v) is 11.9. The Morgan fingerprint density at radius 3 is 2.80 bits per heavy atom. The predicted molar refractivity (Wildman–Crippen MR) is 75.0 cm³/mol. The van der Waals surface area contributed by atoms with E-state index in [9.17, 15) is 9.59 Å². The van der Waals surface area contributed by atoms with Gasteiger partial charge in [0.25, 0.3) is 11.8 Å². The highest BCUT2D eigenvalue weighted by molar-refractivity contribution is 6.30. The Labute approximate surface area is 122 Å². The summed E-state index contributed by atoms with van der Waals surface area (Å²) in [6.07, 6.45) is 0.714. The van der Waals surface area contributed by atoms with Crippen LogP contribution in [0, 0.1) is 0 Å². The third-order valence-corrected chi connectivity index (χ3v) is 2.65. The summed E-state index contributed by atoms with van der Waals surface area (Å²) >= 11 is 5.81. The van der Waals surface area contributed by atoms with Crippen LogP contribution in [0.25, 0.3) is 0 Å². The van der Waals surface area contributed by atoms with Crippen LogP contribution in [0.1, 0.15) is 16.8 Å². The molecule has 0 radical (unpaired) electrons. The SMILES string of the molecule is COCCCNC(=O)COc1cc(Cl)ccc1C(N)=O. The molecule has 1 aromatic rings. The summed E-state index contributed by atoms with van der Waals surface area (Å²) in [5.41, 5.74) is 5.39. The van der Waals surface area contributed by atoms with Gasteiger partial charge in [-0.3, -0.25) is 9.59 Å². The molecule has 0 saturated heterocycles. The van der Waals surface area contributed by atoms with Crippen LogP contribution in [0.2, 0.25) is 5.02 Å². The Kier molecular flexibility index (Phi) is 6.83. The summed E-state index contributed by atoms with van der Waals surface area (Å²) in [6, 6.07) is 4.43. The molecule has 3 N–H and O–H groups in total. The van der Waals surface area contributed by atoms with Crippen LogP contribution in [-0.4, -0.2) is 38.7 Å². The molecule has 1 aromatic carbocycles. The minimum atomic E-state index is -0.642. The van der Waals surface area contributed by atoms with E-state index in [1.54, 1.807) is 7.11 Å². The lowest BCUT2D eigenvalue weighted by molar-refractivity contribution is -0.123. The standard InChI is InChI=1S/C13H17ClN2O4/c1-19-6-2-5-16-12(17)8-20-11-7-9(14)3-4-10(11)13(15)18/h3-4,7H,2,5-6,8H2,1H3,(H2,15,18)(H,16,17). The van der Waals surface area contributed by atoms with Gasteiger partial charge in [-0.2, -0.15) is 0 Å². The number of amides is 2. The van der Waals surface area contributed by atoms with E-state index >= 15 is 0 Å². The fraction of sp³-hybridized carbons (Fsp3) is 0.385. The molecule has 0 aliphatic heterocycles. The second-order valence-electron chi connectivity index (χ2n) is 3.99. The molecule has 0 saturated carbocycles. The minimum Gasteiger partial charge on any atom is -0.483 e. The molecule has 1 rings (SSSR count). The number of benzene rings is 1. The number of methoxy groups -OCH3 is 1. The van der Waals surface area contributed by atoms with Gasteiger partial charge in [-0.25, -0.2) is 0 Å². The maximum Gasteiger partial charge on any atom is 0.257 e. The number of hydrogen-bond acceptors (Lipinski definition) is 4. The third-order valence-electron chi connectivity index (χ3n) is 2.42. The van der Waals surface area contributed by atoms with Crippen molar-refractivity contribution in [3.63, 3.8) is 0 Å². The molecule has 0 bridgehead atoms. The van der Waals surface area contributed by atoms with Crippen LogP contribution in [0.4, 0.5) is 0 Å². The number of primary amides is 1. The van der Waals surface area contributed by atoms with Gasteiger partial charge in [0.1, 0.15) is 5.75 Å². The largest absolute Gasteiger partial charge is 0.483 e. The van der Waals surface area contributed by atoms with E-state index in [0.29, 0.717) is 24.6 Å². The molecular weight excluding hydrogens is 284 g/mol. The van der Waals surface area contributed by atoms with Crippen LogP contribution in [0.15, 0.2) is 18.2 Å². The van der Waals surface area contributed by atoms with E-state index in [1.807, 2.05) is 0 Å². The highest BCUT2D eigenvalue weighted by Crippen LogP contribution is 2.22. The first kappa shape index (κ1) is 16.3. The maximum absolute atomic E-state index is 11.5. The Hall–Kier alpha value is -1.79. The molecule has 0 aliphatic carbocycles. The van der Waals surface area contributed by atoms with Crippen LogP contribution in [-0.2, 0) is 9.53 Å². The van der Waals surface area contributed by atoms with E-state index in [-0.39, 0.29) is 23.8 Å². The second kappa shape index (κ2) is 8.39. The minimum absolute atomic E-state index is 0.182. The number of nitrogens with two attached hydrogens (primary N) is 1. The zero-order valence-electron chi connectivity index (χ0n) is 11.1. The summed E-state index contributed by atoms with van der Waals surface area (Å²) in [5.74, 6) is -0.745. The molecule has 0 unspecified atom stereocenters. The van der Waals surface area contributed by atoms with Crippen LogP contribution < -0.4 is 15.8 Å². The van der Waals surface area contributed by atoms with Crippen LogP contribution in [0.5, 0.6) is 5.75 Å². The lowest BCUT2D eigenvalue weighted by Crippen LogP contribution is -2.30. The van der Waals surface area contributed by atoms with Crippen molar-refractivity contribution in [1.82, 2.24) is 5.32 Å². The zero-order chi connectivity index (χ0) is 15.0. The van der Waals surface area contributed by atoms with Gasteiger partial charge in [-0.05, 0) is 24.6 Å². The van der Waals surface area contributed by atoms with E-state index in [0.717, 1.165) is 0 Å². The smallest absolute Gasteiger partial charge is 0.257 e. The third kappa shape index (κ3) is 5.46. The second-order valence-corrected chi connectivity index (χ2v) is 4.43. The van der Waals surface area contributed by atoms with E-state index < -0.39 is 5.91 Å². The molecule has 0 atom stereocenters. The molecule has 0 aliphatic rings. The molecule has 6 nitrogen and oxygen atoms in total. The first-order chi connectivity index (χ1) is 9.54. The van der Waals surface area contributed by atoms with Crippen molar-refractivity contribution < 1.29 is 19.1 Å². The molecule has 20 heavy (non-hydrogen) atoms. The van der Waals surface area contributed by atoms with Gasteiger partial charge in [0.2, 0.25) is 0 Å². The van der Waals surface area contributed by atoms with Gasteiger partial charge in [0.05, 0.1) is 5.56 Å². The van der Waals surface area contributed by atoms with Gasteiger partial charge in [-0.1, -0.05) is 11.6 Å². The maximum atomic E-state index is 11.5. The van der Waals surface area contributed by atoms with Crippen molar-refractivity contribution in [3.8, 4) is 5.75 Å². The van der Waals surface area contributed by atoms with Gasteiger partial charge < -0.3 is 20.5 Å². The molecule has 0 aromatic heterocycles. The van der Waals surface area contributed by atoms with Gasteiger partial charge >= 0.3 is 0 Å². The summed E-state index contributed by atoms with van der Waals surface area (Å²) in [6.45, 7) is 0.850. The van der Waals surface area contributed by atoms with Gasteiger partial charge in [0, 0.05) is 25.3 Å². The van der Waals surface area contributed by atoms with Crippen molar-refractivity contribution in [2.45, 2.75) is 6.42 Å². The number of carbonyl (C=O) groups excluding carboxylic acids is 2. The Morgan fingerprint density at radius 1 is 1.40 bits per heavy atom. The molecule has 2 amide bonds. The highest BCUT2D eigenvalue weighted by Gasteiger charge is 2.11. The van der Waals surface area contributed by atoms with Crippen molar-refractivity contribution >= 4 is 23.4 Å². The average Bonchev–Trinajstić information content (AvgIpc) is 2.41. The Balaban J connectivity index is 2.50. The summed E-state index contributed by atoms with van der Waals surface area (Å²) < 4.78 is 10.1. The van der Waals surface area contributed by atoms with E-state index in [2.05, 4.69) is 5.32 Å². The fourth-order valence-corrected chi connectivity index (χ4v) is 1.62. The Morgan fingerprint density at radius 2 is 2.15 bits per heavy atom. The van der Waals surface area contributed by atoms with Crippen LogP contribution in [0.3, 0.4) is 0 Å². The van der Waals surface area contributed by atoms with Gasteiger partial charge in [0.15, 0.2) is 6.61 Å². The number of nitrogens with one attached hydrogen (secondary N) is 1. The van der Waals surface area contributed by atoms with E-state index in [4.69, 9.17) is 26.8 Å². The van der Waals surface area contributed by atoms with Crippen molar-refractivity contribution in [2.75, 3.05) is 26.9 Å². The first-order valence-corrected chi connectivity index (χ1v) is 6.40. The lowest BCUT2D eigenvalue weighted by Gasteiger charge is -2.10. The molecule has 110 valence electrons. The number of rotatable bonds is 8. The van der Waals surface area contributed by atoms with Gasteiger partial charge in [-0.15, -0.1) is 0 Å². The number of carbonyl (C=O) groups is 2. The molecule has 7 heteroatoms. The van der Waals surface area contributed by atoms with Crippen LogP contribution >= 0.6 is 11.6 Å². The highest BCUT2D eigenvalue weighted by atomic mass is 35.5. The predicted octanol–water partition coefficient (Wildman–Crippen LogP) is 0.970. The molecule has 0 fully saturated rings. The van der Waals surface area contributed by atoms with E-state index in [1.165, 1.54) is 18.2 Å².